The lowest BCUT2D eigenvalue weighted by atomic mass is 9.85. The van der Waals surface area contributed by atoms with Crippen LogP contribution in [0.2, 0.25) is 0 Å². The Morgan fingerprint density at radius 2 is 2.05 bits per heavy atom. The maximum absolute atomic E-state index is 14.3. The average Bonchev–Trinajstić information content (AvgIpc) is 2.83. The number of hydrogen-bond acceptors (Lipinski definition) is 2. The molecule has 0 spiro atoms. The summed E-state index contributed by atoms with van der Waals surface area (Å²) in [6.07, 6.45) is 7.17. The second-order valence-electron chi connectivity index (χ2n) is 5.88. The molecule has 1 aliphatic carbocycles. The lowest BCUT2D eigenvalue weighted by Gasteiger charge is -2.34. The van der Waals surface area contributed by atoms with Crippen LogP contribution in [0.25, 0.3) is 0 Å². The molecule has 1 aromatic carbocycles. The highest BCUT2D eigenvalue weighted by Crippen LogP contribution is 2.40. The van der Waals surface area contributed by atoms with Gasteiger partial charge in [-0.15, -0.1) is 0 Å². The summed E-state index contributed by atoms with van der Waals surface area (Å²) in [5.41, 5.74) is 7.58. The number of para-hydroxylation sites is 1. The number of benzene rings is 1. The predicted octanol–water partition coefficient (Wildman–Crippen LogP) is 3.10. The Bertz CT molecular complexity index is 446. The number of nitrogens with zero attached hydrogens (tertiary/aromatic N) is 1. The fraction of sp³-hybridized carbons (Fsp3) is 0.625. The van der Waals surface area contributed by atoms with Crippen molar-refractivity contribution in [3.05, 3.63) is 29.6 Å². The van der Waals surface area contributed by atoms with Crippen LogP contribution in [-0.4, -0.2) is 19.1 Å². The molecule has 3 rings (SSSR count). The number of nitrogens with two attached hydrogens (primary N) is 1. The van der Waals surface area contributed by atoms with Crippen molar-refractivity contribution in [3.8, 4) is 0 Å². The Morgan fingerprint density at radius 3 is 2.89 bits per heavy atom. The lowest BCUT2D eigenvalue weighted by molar-refractivity contribution is 0.341. The van der Waals surface area contributed by atoms with Crippen molar-refractivity contribution in [1.29, 1.82) is 0 Å². The Morgan fingerprint density at radius 1 is 1.21 bits per heavy atom. The van der Waals surface area contributed by atoms with Gasteiger partial charge in [0.15, 0.2) is 0 Å². The molecular weight excluding hydrogens is 239 g/mol. The first kappa shape index (κ1) is 12.9. The first-order valence-corrected chi connectivity index (χ1v) is 7.55. The SMILES string of the molecule is NCCc1cccc(F)c1N1CCC2CCCCC21. The van der Waals surface area contributed by atoms with Gasteiger partial charge in [0.25, 0.3) is 0 Å². The molecule has 1 saturated heterocycles. The summed E-state index contributed by atoms with van der Waals surface area (Å²) in [6, 6.07) is 5.98. The molecule has 0 amide bonds. The third kappa shape index (κ3) is 2.36. The van der Waals surface area contributed by atoms with E-state index in [1.807, 2.05) is 6.07 Å². The summed E-state index contributed by atoms with van der Waals surface area (Å²) in [4.78, 5) is 2.34. The molecule has 0 aromatic heterocycles. The molecule has 2 nitrogen and oxygen atoms in total. The van der Waals surface area contributed by atoms with Crippen LogP contribution in [0.4, 0.5) is 10.1 Å². The van der Waals surface area contributed by atoms with E-state index in [4.69, 9.17) is 5.73 Å². The molecule has 1 aromatic rings. The first-order valence-electron chi connectivity index (χ1n) is 7.55. The van der Waals surface area contributed by atoms with E-state index in [1.54, 1.807) is 12.1 Å². The predicted molar refractivity (Wildman–Crippen MR) is 76.9 cm³/mol. The molecule has 2 aliphatic rings. The van der Waals surface area contributed by atoms with E-state index < -0.39 is 0 Å². The van der Waals surface area contributed by atoms with E-state index >= 15 is 0 Å². The fourth-order valence-corrected chi connectivity index (χ4v) is 3.92. The molecule has 0 radical (unpaired) electrons. The maximum atomic E-state index is 14.3. The molecule has 0 bridgehead atoms. The minimum absolute atomic E-state index is 0.0721. The van der Waals surface area contributed by atoms with Crippen LogP contribution in [-0.2, 0) is 6.42 Å². The molecule has 2 atom stereocenters. The second-order valence-corrected chi connectivity index (χ2v) is 5.88. The summed E-state index contributed by atoms with van der Waals surface area (Å²) in [7, 11) is 0. The highest BCUT2D eigenvalue weighted by molar-refractivity contribution is 5.57. The highest BCUT2D eigenvalue weighted by Gasteiger charge is 2.37. The van der Waals surface area contributed by atoms with Gasteiger partial charge in [0.2, 0.25) is 0 Å². The quantitative estimate of drug-likeness (QED) is 0.907. The third-order valence-corrected chi connectivity index (χ3v) is 4.78. The zero-order valence-electron chi connectivity index (χ0n) is 11.4. The average molecular weight is 262 g/mol. The van der Waals surface area contributed by atoms with E-state index in [9.17, 15) is 4.39 Å². The number of rotatable bonds is 3. The van der Waals surface area contributed by atoms with Gasteiger partial charge in [-0.2, -0.15) is 0 Å². The van der Waals surface area contributed by atoms with E-state index in [0.717, 1.165) is 30.1 Å². The molecule has 2 fully saturated rings. The standard InChI is InChI=1S/C16H23FN2/c17-14-6-3-5-13(8-10-18)16(14)19-11-9-12-4-1-2-7-15(12)19/h3,5-6,12,15H,1-2,4,7-11,18H2. The van der Waals surface area contributed by atoms with Crippen LogP contribution in [0, 0.1) is 11.7 Å². The van der Waals surface area contributed by atoms with Crippen LogP contribution >= 0.6 is 0 Å². The van der Waals surface area contributed by atoms with Crippen LogP contribution in [0.15, 0.2) is 18.2 Å². The first-order chi connectivity index (χ1) is 9.31. The van der Waals surface area contributed by atoms with Gasteiger partial charge in [-0.1, -0.05) is 25.0 Å². The van der Waals surface area contributed by atoms with Crippen molar-refractivity contribution in [2.45, 2.75) is 44.6 Å². The van der Waals surface area contributed by atoms with Crippen molar-refractivity contribution in [2.24, 2.45) is 11.7 Å². The minimum atomic E-state index is -0.0721. The van der Waals surface area contributed by atoms with Crippen LogP contribution < -0.4 is 10.6 Å². The van der Waals surface area contributed by atoms with Crippen LogP contribution in [0.5, 0.6) is 0 Å². The van der Waals surface area contributed by atoms with Crippen LogP contribution in [0.1, 0.15) is 37.7 Å². The Balaban J connectivity index is 1.93. The van der Waals surface area contributed by atoms with E-state index in [1.165, 1.54) is 32.1 Å². The smallest absolute Gasteiger partial charge is 0.146 e. The van der Waals surface area contributed by atoms with Gasteiger partial charge < -0.3 is 10.6 Å². The number of anilines is 1. The van der Waals surface area contributed by atoms with E-state index in [0.29, 0.717) is 12.6 Å². The zero-order valence-corrected chi connectivity index (χ0v) is 11.4. The van der Waals surface area contributed by atoms with Gasteiger partial charge in [0.05, 0.1) is 5.69 Å². The van der Waals surface area contributed by atoms with Gasteiger partial charge in [0, 0.05) is 12.6 Å². The molecule has 1 saturated carbocycles. The number of fused-ring (bicyclic) bond motifs is 1. The molecular formula is C16H23FN2. The van der Waals surface area contributed by atoms with Crippen LogP contribution in [0.3, 0.4) is 0 Å². The normalized spacial score (nSPS) is 26.5. The Kier molecular flexibility index (Phi) is 3.74. The zero-order chi connectivity index (χ0) is 13.2. The van der Waals surface area contributed by atoms with Gasteiger partial charge in [-0.05, 0) is 49.8 Å². The molecule has 104 valence electrons. The van der Waals surface area contributed by atoms with Crippen molar-refractivity contribution in [3.63, 3.8) is 0 Å². The van der Waals surface area contributed by atoms with E-state index in [-0.39, 0.29) is 5.82 Å². The topological polar surface area (TPSA) is 29.3 Å². The van der Waals surface area contributed by atoms with Gasteiger partial charge in [-0.25, -0.2) is 4.39 Å². The molecule has 19 heavy (non-hydrogen) atoms. The van der Waals surface area contributed by atoms with Crippen molar-refractivity contribution < 1.29 is 4.39 Å². The lowest BCUT2D eigenvalue weighted by Crippen LogP contribution is -2.36. The minimum Gasteiger partial charge on any atom is -0.366 e. The van der Waals surface area contributed by atoms with Gasteiger partial charge in [-0.3, -0.25) is 0 Å². The third-order valence-electron chi connectivity index (χ3n) is 4.78. The van der Waals surface area contributed by atoms with Gasteiger partial charge >= 0.3 is 0 Å². The highest BCUT2D eigenvalue weighted by atomic mass is 19.1. The van der Waals surface area contributed by atoms with Crippen molar-refractivity contribution >= 4 is 5.69 Å². The Labute approximate surface area is 114 Å². The summed E-state index contributed by atoms with van der Waals surface area (Å²) in [5.74, 6) is 0.705. The summed E-state index contributed by atoms with van der Waals surface area (Å²) in [6.45, 7) is 1.59. The molecule has 2 N–H and O–H groups in total. The summed E-state index contributed by atoms with van der Waals surface area (Å²) in [5, 5.41) is 0. The maximum Gasteiger partial charge on any atom is 0.146 e. The monoisotopic (exact) mass is 262 g/mol. The van der Waals surface area contributed by atoms with Crippen molar-refractivity contribution in [2.75, 3.05) is 18.0 Å². The largest absolute Gasteiger partial charge is 0.366 e. The molecule has 2 unspecified atom stereocenters. The second kappa shape index (κ2) is 5.49. The number of halogens is 1. The summed E-state index contributed by atoms with van der Waals surface area (Å²) < 4.78 is 14.3. The van der Waals surface area contributed by atoms with Crippen molar-refractivity contribution in [1.82, 2.24) is 0 Å². The molecule has 1 aliphatic heterocycles. The summed E-state index contributed by atoms with van der Waals surface area (Å²) >= 11 is 0. The Hall–Kier alpha value is -1.09. The van der Waals surface area contributed by atoms with Gasteiger partial charge in [0.1, 0.15) is 5.82 Å². The molecule has 1 heterocycles. The molecule has 3 heteroatoms. The number of hydrogen-bond donors (Lipinski definition) is 1. The fourth-order valence-electron chi connectivity index (χ4n) is 3.92. The van der Waals surface area contributed by atoms with E-state index in [2.05, 4.69) is 4.90 Å².